The molecule has 2 heteroatoms. The molecule has 0 bridgehead atoms. The second-order valence-corrected chi connectivity index (χ2v) is 19.7. The van der Waals surface area contributed by atoms with E-state index in [0.29, 0.717) is 0 Å². The Morgan fingerprint density at radius 3 is 1.20 bits per heavy atom. The largest absolute Gasteiger partial charge is 0.244 e. The molecule has 0 amide bonds. The fourth-order valence-electron chi connectivity index (χ4n) is 12.5. The van der Waals surface area contributed by atoms with Crippen molar-refractivity contribution in [3.05, 3.63) is 294 Å². The predicted octanol–water partition coefficient (Wildman–Crippen LogP) is 16.4. The van der Waals surface area contributed by atoms with Crippen LogP contribution in [-0.4, -0.2) is 4.57 Å². The fourth-order valence-corrected chi connectivity index (χ4v) is 12.5. The van der Waals surface area contributed by atoms with Gasteiger partial charge in [-0.25, -0.2) is 9.13 Å². The Hall–Kier alpha value is -8.07. The van der Waals surface area contributed by atoms with Crippen molar-refractivity contribution in [2.45, 2.75) is 63.5 Å². The second kappa shape index (κ2) is 18.7. The molecular weight excluding hydrogens is 857 g/mol. The van der Waals surface area contributed by atoms with E-state index in [9.17, 15) is 0 Å². The first-order valence-electron chi connectivity index (χ1n) is 25.6. The van der Waals surface area contributed by atoms with Crippen molar-refractivity contribution < 1.29 is 4.57 Å². The molecule has 1 aromatic heterocycles. The quantitative estimate of drug-likeness (QED) is 0.108. The van der Waals surface area contributed by atoms with Crippen molar-refractivity contribution in [3.8, 4) is 33.4 Å². The van der Waals surface area contributed by atoms with Gasteiger partial charge in [0.2, 0.25) is 6.33 Å². The van der Waals surface area contributed by atoms with Crippen molar-refractivity contribution in [2.24, 2.45) is 0 Å². The van der Waals surface area contributed by atoms with Gasteiger partial charge < -0.3 is 0 Å². The zero-order valence-corrected chi connectivity index (χ0v) is 40.8. The van der Waals surface area contributed by atoms with E-state index in [4.69, 9.17) is 0 Å². The molecule has 2 nitrogen and oxygen atoms in total. The van der Waals surface area contributed by atoms with Crippen LogP contribution in [0.1, 0.15) is 71.5 Å². The van der Waals surface area contributed by atoms with Crippen molar-refractivity contribution in [1.29, 1.82) is 0 Å². The molecule has 0 fully saturated rings. The topological polar surface area (TPSA) is 8.81 Å². The lowest BCUT2D eigenvalue weighted by atomic mass is 9.72. The Bertz CT molecular complexity index is 3310. The molecule has 0 atom stereocenters. The lowest BCUT2D eigenvalue weighted by Crippen LogP contribution is -2.48. The molecule has 1 aliphatic rings. The summed E-state index contributed by atoms with van der Waals surface area (Å²) in [6, 6.07) is 90.8. The van der Waals surface area contributed by atoms with Crippen molar-refractivity contribution in [2.75, 3.05) is 0 Å². The molecule has 0 aliphatic heterocycles. The van der Waals surface area contributed by atoms with Gasteiger partial charge in [0.25, 0.3) is 0 Å². The second-order valence-electron chi connectivity index (χ2n) is 19.7. The summed E-state index contributed by atoms with van der Waals surface area (Å²) in [7, 11) is 0. The number of aromatic nitrogens is 2. The lowest BCUT2D eigenvalue weighted by molar-refractivity contribution is -0.710. The highest BCUT2D eigenvalue weighted by molar-refractivity contribution is 6.12. The van der Waals surface area contributed by atoms with Gasteiger partial charge in [-0.1, -0.05) is 244 Å². The Balaban J connectivity index is 1.23. The SMILES string of the molecule is CCC(Cn1c[n+](CC(CC)(c2ccccc2)c2ccccc2)c2c1Cc1c(-c3ccccc3)cc3ccccc3c1-c1c(c(-c3ccccc3)cc3ccccc13)C2)(c1ccccc1)c1ccccc1. The van der Waals surface area contributed by atoms with Gasteiger partial charge in [0.15, 0.2) is 11.4 Å². The van der Waals surface area contributed by atoms with E-state index >= 15 is 0 Å². The summed E-state index contributed by atoms with van der Waals surface area (Å²) < 4.78 is 5.41. The van der Waals surface area contributed by atoms with Crippen LogP contribution in [0.5, 0.6) is 0 Å². The maximum Gasteiger partial charge on any atom is 0.244 e. The van der Waals surface area contributed by atoms with Gasteiger partial charge >= 0.3 is 0 Å². The van der Waals surface area contributed by atoms with Crippen LogP contribution in [0.15, 0.2) is 249 Å². The smallest absolute Gasteiger partial charge is 0.232 e. The number of nitrogens with zero attached hydrogens (tertiary/aromatic N) is 2. The minimum absolute atomic E-state index is 0.312. The van der Waals surface area contributed by atoms with Gasteiger partial charge in [-0.2, -0.15) is 0 Å². The third kappa shape index (κ3) is 7.70. The van der Waals surface area contributed by atoms with E-state index in [1.807, 2.05) is 0 Å². The highest BCUT2D eigenvalue weighted by Crippen LogP contribution is 2.49. The Morgan fingerprint density at radius 1 is 0.408 bits per heavy atom. The van der Waals surface area contributed by atoms with Gasteiger partial charge in [-0.05, 0) is 113 Å². The molecule has 0 saturated carbocycles. The molecule has 12 rings (SSSR count). The first-order chi connectivity index (χ1) is 35.1. The zero-order valence-electron chi connectivity index (χ0n) is 40.8. The molecule has 0 spiro atoms. The highest BCUT2D eigenvalue weighted by atomic mass is 15.2. The number of hydrogen-bond donors (Lipinski definition) is 0. The van der Waals surface area contributed by atoms with Crippen LogP contribution in [0.2, 0.25) is 0 Å². The van der Waals surface area contributed by atoms with E-state index in [1.165, 1.54) is 99.7 Å². The zero-order chi connectivity index (χ0) is 47.8. The predicted molar refractivity (Wildman–Crippen MR) is 296 cm³/mol. The van der Waals surface area contributed by atoms with Crippen LogP contribution in [0.3, 0.4) is 0 Å². The summed E-state index contributed by atoms with van der Waals surface area (Å²) in [4.78, 5) is 0. The summed E-state index contributed by atoms with van der Waals surface area (Å²) in [5.74, 6) is 0. The Labute approximate surface area is 419 Å². The fraction of sp³-hybridized carbons (Fsp3) is 0.145. The van der Waals surface area contributed by atoms with Gasteiger partial charge in [0.05, 0.1) is 10.8 Å². The van der Waals surface area contributed by atoms with E-state index in [0.717, 1.165) is 38.8 Å². The maximum absolute atomic E-state index is 2.71. The van der Waals surface area contributed by atoms with Crippen LogP contribution in [0.25, 0.3) is 54.9 Å². The average molecular weight is 916 g/mol. The van der Waals surface area contributed by atoms with Crippen LogP contribution in [0.4, 0.5) is 0 Å². The molecular formula is C69H59N2+. The number of benzene rings is 10. The van der Waals surface area contributed by atoms with Crippen LogP contribution >= 0.6 is 0 Å². The molecule has 0 radical (unpaired) electrons. The maximum atomic E-state index is 2.71. The highest BCUT2D eigenvalue weighted by Gasteiger charge is 2.42. The van der Waals surface area contributed by atoms with Crippen LogP contribution in [0, 0.1) is 0 Å². The van der Waals surface area contributed by atoms with Crippen molar-refractivity contribution in [1.82, 2.24) is 4.57 Å². The normalized spacial score (nSPS) is 12.5. The molecule has 344 valence electrons. The molecule has 0 saturated heterocycles. The number of fused-ring (bicyclic) bond motifs is 8. The first-order valence-corrected chi connectivity index (χ1v) is 25.6. The standard InChI is InChI=1S/C69H59N2/c1-3-68(54-33-15-7-16-34-54,55-35-17-8-18-36-55)47-70-49-71(48-69(4-2,56-37-19-9-20-38-56)57-39-21-10-22-40-57)65-46-63-61(51-29-13-6-14-30-51)44-53-32-24-26-42-59(53)67(63)66-58-41-25-23-31-52(58)43-60(62(66)45-64(65)70)50-27-11-5-12-28-50/h5-44,49H,3-4,45-48H2,1-2H3/q+1. The lowest BCUT2D eigenvalue weighted by Gasteiger charge is -2.33. The molecule has 1 aliphatic carbocycles. The summed E-state index contributed by atoms with van der Waals surface area (Å²) in [6.07, 6.45) is 5.92. The molecule has 11 aromatic rings. The number of hydrogen-bond acceptors (Lipinski definition) is 0. The minimum atomic E-state index is -0.312. The first kappa shape index (κ1) is 44.2. The molecule has 10 aromatic carbocycles. The van der Waals surface area contributed by atoms with Gasteiger partial charge in [-0.3, -0.25) is 0 Å². The van der Waals surface area contributed by atoms with E-state index < -0.39 is 0 Å². The summed E-state index contributed by atoms with van der Waals surface area (Å²) in [6.45, 7) is 6.33. The number of rotatable bonds is 12. The van der Waals surface area contributed by atoms with Crippen LogP contribution < -0.4 is 4.57 Å². The van der Waals surface area contributed by atoms with Gasteiger partial charge in [0, 0.05) is 12.8 Å². The van der Waals surface area contributed by atoms with Crippen molar-refractivity contribution >= 4 is 21.5 Å². The van der Waals surface area contributed by atoms with Gasteiger partial charge in [-0.15, -0.1) is 0 Å². The monoisotopic (exact) mass is 915 g/mol. The number of imidazole rings is 1. The van der Waals surface area contributed by atoms with E-state index in [-0.39, 0.29) is 10.8 Å². The van der Waals surface area contributed by atoms with E-state index in [1.54, 1.807) is 0 Å². The summed E-state index contributed by atoms with van der Waals surface area (Å²) >= 11 is 0. The van der Waals surface area contributed by atoms with Crippen molar-refractivity contribution in [3.63, 3.8) is 0 Å². The van der Waals surface area contributed by atoms with E-state index in [2.05, 4.69) is 272 Å². The van der Waals surface area contributed by atoms with Gasteiger partial charge in [0.1, 0.15) is 13.1 Å². The average Bonchev–Trinajstić information content (AvgIpc) is 3.74. The minimum Gasteiger partial charge on any atom is -0.232 e. The third-order valence-electron chi connectivity index (χ3n) is 16.1. The Morgan fingerprint density at radius 2 is 0.775 bits per heavy atom. The summed E-state index contributed by atoms with van der Waals surface area (Å²) in [5, 5.41) is 5.10. The third-order valence-corrected chi connectivity index (χ3v) is 16.1. The molecule has 0 N–H and O–H groups in total. The molecule has 71 heavy (non-hydrogen) atoms. The van der Waals surface area contributed by atoms with Crippen LogP contribution in [-0.2, 0) is 36.8 Å². The summed E-state index contributed by atoms with van der Waals surface area (Å²) in [5.41, 5.74) is 17.9. The molecule has 0 unspecified atom stereocenters. The Kier molecular flexibility index (Phi) is 11.6. The molecule has 1 heterocycles.